The number of hydrogen-bond donors (Lipinski definition) is 4. The van der Waals surface area contributed by atoms with Gasteiger partial charge in [-0.05, 0) is 49.2 Å². The van der Waals surface area contributed by atoms with Crippen molar-refractivity contribution in [1.29, 1.82) is 0 Å². The molecule has 0 aromatic heterocycles. The minimum atomic E-state index is -0.493. The van der Waals surface area contributed by atoms with E-state index in [0.717, 1.165) is 21.3 Å². The number of benzene rings is 2. The molecule has 4 N–H and O–H groups in total. The summed E-state index contributed by atoms with van der Waals surface area (Å²) in [5.41, 5.74) is 3.67. The van der Waals surface area contributed by atoms with Crippen LogP contribution in [-0.2, 0) is 6.54 Å². The van der Waals surface area contributed by atoms with Gasteiger partial charge in [0.05, 0.1) is 0 Å². The third-order valence-corrected chi connectivity index (χ3v) is 4.38. The molecule has 20 heavy (non-hydrogen) atoms. The van der Waals surface area contributed by atoms with Crippen LogP contribution in [0, 0.1) is 13.8 Å². The molecule has 0 spiro atoms. The Morgan fingerprint density at radius 1 is 1.00 bits per heavy atom. The molecule has 5 heteroatoms. The molecule has 2 aromatic rings. The lowest BCUT2D eigenvalue weighted by molar-refractivity contribution is 0.365. The van der Waals surface area contributed by atoms with E-state index in [1.807, 2.05) is 26.0 Å². The molecule has 0 aliphatic carbocycles. The lowest BCUT2D eigenvalue weighted by Gasteiger charge is -2.12. The van der Waals surface area contributed by atoms with Gasteiger partial charge in [-0.2, -0.15) is 0 Å². The Morgan fingerprint density at radius 2 is 1.60 bits per heavy atom. The summed E-state index contributed by atoms with van der Waals surface area (Å²) in [7, 11) is 0. The molecular weight excluding hydrogens is 322 g/mol. The number of hydrogen-bond acceptors (Lipinski definition) is 4. The maximum absolute atomic E-state index is 9.75. The first-order valence-electron chi connectivity index (χ1n) is 6.13. The second kappa shape index (κ2) is 5.63. The molecular formula is C15H16BrNO3. The minimum Gasteiger partial charge on any atom is -0.504 e. The van der Waals surface area contributed by atoms with Gasteiger partial charge >= 0.3 is 0 Å². The standard InChI is InChI=1S/C15H16BrNO3/c1-8-5-11(6-9(2)13(8)16)17-7-10-3-4-12(18)15(20)14(10)19/h3-6,17-20H,7H2,1-2H3. The van der Waals surface area contributed by atoms with Gasteiger partial charge in [0.25, 0.3) is 0 Å². The lowest BCUT2D eigenvalue weighted by Crippen LogP contribution is -2.01. The highest BCUT2D eigenvalue weighted by Gasteiger charge is 2.11. The first kappa shape index (κ1) is 14.5. The van der Waals surface area contributed by atoms with E-state index in [9.17, 15) is 15.3 Å². The summed E-state index contributed by atoms with van der Waals surface area (Å²) >= 11 is 3.51. The van der Waals surface area contributed by atoms with Crippen molar-refractivity contribution in [3.63, 3.8) is 0 Å². The Balaban J connectivity index is 2.19. The predicted molar refractivity (Wildman–Crippen MR) is 82.4 cm³/mol. The number of phenolic OH excluding ortho intramolecular Hbond substituents is 3. The fourth-order valence-corrected chi connectivity index (χ4v) is 2.23. The summed E-state index contributed by atoms with van der Waals surface area (Å²) in [6.45, 7) is 4.36. The third-order valence-electron chi connectivity index (χ3n) is 3.13. The summed E-state index contributed by atoms with van der Waals surface area (Å²) in [5.74, 6) is -1.13. The van der Waals surface area contributed by atoms with Crippen LogP contribution in [0.4, 0.5) is 5.69 Å². The van der Waals surface area contributed by atoms with E-state index in [2.05, 4.69) is 21.2 Å². The van der Waals surface area contributed by atoms with Gasteiger partial charge in [0, 0.05) is 22.3 Å². The second-order valence-corrected chi connectivity index (χ2v) is 5.51. The Morgan fingerprint density at radius 3 is 2.20 bits per heavy atom. The molecule has 0 bridgehead atoms. The van der Waals surface area contributed by atoms with Crippen LogP contribution in [0.1, 0.15) is 16.7 Å². The monoisotopic (exact) mass is 337 g/mol. The summed E-state index contributed by atoms with van der Waals surface area (Å²) < 4.78 is 1.08. The second-order valence-electron chi connectivity index (χ2n) is 4.72. The van der Waals surface area contributed by atoms with Crippen molar-refractivity contribution < 1.29 is 15.3 Å². The number of rotatable bonds is 3. The zero-order valence-electron chi connectivity index (χ0n) is 11.2. The fourth-order valence-electron chi connectivity index (χ4n) is 2.00. The summed E-state index contributed by atoms with van der Waals surface area (Å²) in [6, 6.07) is 6.91. The van der Waals surface area contributed by atoms with E-state index >= 15 is 0 Å². The molecule has 0 amide bonds. The van der Waals surface area contributed by atoms with Crippen LogP contribution in [0.25, 0.3) is 0 Å². The Kier molecular flexibility index (Phi) is 4.09. The molecule has 0 unspecified atom stereocenters. The topological polar surface area (TPSA) is 72.7 Å². The average molecular weight is 338 g/mol. The maximum atomic E-state index is 9.75. The summed E-state index contributed by atoms with van der Waals surface area (Å²) in [6.07, 6.45) is 0. The van der Waals surface area contributed by atoms with Crippen molar-refractivity contribution in [3.8, 4) is 17.2 Å². The van der Waals surface area contributed by atoms with E-state index in [1.165, 1.54) is 6.07 Å². The van der Waals surface area contributed by atoms with Crippen molar-refractivity contribution in [2.45, 2.75) is 20.4 Å². The van der Waals surface area contributed by atoms with Gasteiger partial charge in [-0.1, -0.05) is 15.9 Å². The number of halogens is 1. The van der Waals surface area contributed by atoms with Crippen LogP contribution in [0.5, 0.6) is 17.2 Å². The zero-order valence-corrected chi connectivity index (χ0v) is 12.8. The van der Waals surface area contributed by atoms with Crippen LogP contribution in [-0.4, -0.2) is 15.3 Å². The van der Waals surface area contributed by atoms with Gasteiger partial charge in [0.2, 0.25) is 5.75 Å². The first-order chi connectivity index (χ1) is 9.40. The quantitative estimate of drug-likeness (QED) is 0.643. The van der Waals surface area contributed by atoms with Gasteiger partial charge in [-0.15, -0.1) is 0 Å². The minimum absolute atomic E-state index is 0.303. The van der Waals surface area contributed by atoms with Gasteiger partial charge in [-0.25, -0.2) is 0 Å². The average Bonchev–Trinajstić information content (AvgIpc) is 2.41. The highest BCUT2D eigenvalue weighted by atomic mass is 79.9. The highest BCUT2D eigenvalue weighted by Crippen LogP contribution is 2.37. The van der Waals surface area contributed by atoms with Crippen LogP contribution >= 0.6 is 15.9 Å². The Bertz CT molecular complexity index is 633. The van der Waals surface area contributed by atoms with Crippen molar-refractivity contribution in [3.05, 3.63) is 45.4 Å². The van der Waals surface area contributed by atoms with Crippen molar-refractivity contribution in [2.75, 3.05) is 5.32 Å². The Hall–Kier alpha value is -1.88. The molecule has 0 saturated heterocycles. The summed E-state index contributed by atoms with van der Waals surface area (Å²) in [5, 5.41) is 31.7. The van der Waals surface area contributed by atoms with Crippen molar-refractivity contribution in [2.24, 2.45) is 0 Å². The van der Waals surface area contributed by atoms with Crippen molar-refractivity contribution >= 4 is 21.6 Å². The molecule has 0 atom stereocenters. The molecule has 0 aliphatic rings. The molecule has 0 heterocycles. The van der Waals surface area contributed by atoms with E-state index in [1.54, 1.807) is 6.07 Å². The normalized spacial score (nSPS) is 10.6. The largest absolute Gasteiger partial charge is 0.504 e. The molecule has 0 aliphatic heterocycles. The number of aryl methyl sites for hydroxylation is 2. The van der Waals surface area contributed by atoms with Crippen LogP contribution in [0.15, 0.2) is 28.7 Å². The molecule has 2 rings (SSSR count). The highest BCUT2D eigenvalue weighted by molar-refractivity contribution is 9.10. The number of phenols is 3. The SMILES string of the molecule is Cc1cc(NCc2ccc(O)c(O)c2O)cc(C)c1Br. The maximum Gasteiger partial charge on any atom is 0.200 e. The van der Waals surface area contributed by atoms with E-state index in [0.29, 0.717) is 12.1 Å². The predicted octanol–water partition coefficient (Wildman–Crippen LogP) is 3.79. The fraction of sp³-hybridized carbons (Fsp3) is 0.200. The Labute approximate surface area is 125 Å². The van der Waals surface area contributed by atoms with E-state index in [4.69, 9.17) is 0 Å². The van der Waals surface area contributed by atoms with E-state index in [-0.39, 0.29) is 11.5 Å². The smallest absolute Gasteiger partial charge is 0.200 e. The van der Waals surface area contributed by atoms with Gasteiger partial charge < -0.3 is 20.6 Å². The molecule has 0 saturated carbocycles. The van der Waals surface area contributed by atoms with Crippen LogP contribution in [0.2, 0.25) is 0 Å². The first-order valence-corrected chi connectivity index (χ1v) is 6.93. The number of anilines is 1. The molecule has 0 fully saturated rings. The van der Waals surface area contributed by atoms with E-state index < -0.39 is 5.75 Å². The van der Waals surface area contributed by atoms with Gasteiger partial charge in [0.1, 0.15) is 0 Å². The third kappa shape index (κ3) is 2.82. The summed E-state index contributed by atoms with van der Waals surface area (Å²) in [4.78, 5) is 0. The number of aromatic hydroxyl groups is 3. The molecule has 2 aromatic carbocycles. The lowest BCUT2D eigenvalue weighted by atomic mass is 10.1. The molecule has 4 nitrogen and oxygen atoms in total. The van der Waals surface area contributed by atoms with Crippen molar-refractivity contribution in [1.82, 2.24) is 0 Å². The van der Waals surface area contributed by atoms with Crippen LogP contribution < -0.4 is 5.32 Å². The van der Waals surface area contributed by atoms with Gasteiger partial charge in [-0.3, -0.25) is 0 Å². The van der Waals surface area contributed by atoms with Crippen LogP contribution in [0.3, 0.4) is 0 Å². The molecule has 0 radical (unpaired) electrons. The molecule has 106 valence electrons. The zero-order chi connectivity index (χ0) is 14.9. The van der Waals surface area contributed by atoms with Gasteiger partial charge in [0.15, 0.2) is 11.5 Å². The number of nitrogens with one attached hydrogen (secondary N) is 1.